The zero-order valence-corrected chi connectivity index (χ0v) is 9.09. The number of rotatable bonds is 2. The van der Waals surface area contributed by atoms with Crippen LogP contribution in [0.3, 0.4) is 0 Å². The SMILES string of the molecule is Cc1ccc(-n2ncc(C3CC3)c2O)cn1. The average Bonchev–Trinajstić information content (AvgIpc) is 3.05. The van der Waals surface area contributed by atoms with Gasteiger partial charge in [0.2, 0.25) is 5.88 Å². The molecule has 2 aromatic rings. The molecule has 0 amide bonds. The number of aromatic hydroxyl groups is 1. The van der Waals surface area contributed by atoms with Gasteiger partial charge in [-0.3, -0.25) is 4.98 Å². The van der Waals surface area contributed by atoms with E-state index in [4.69, 9.17) is 0 Å². The fourth-order valence-corrected chi connectivity index (χ4v) is 1.81. The lowest BCUT2D eigenvalue weighted by molar-refractivity contribution is 0.428. The molecule has 2 heterocycles. The monoisotopic (exact) mass is 215 g/mol. The largest absolute Gasteiger partial charge is 0.493 e. The maximum Gasteiger partial charge on any atom is 0.217 e. The zero-order chi connectivity index (χ0) is 11.1. The molecule has 0 saturated heterocycles. The summed E-state index contributed by atoms with van der Waals surface area (Å²) in [5.41, 5.74) is 2.72. The lowest BCUT2D eigenvalue weighted by atomic mass is 10.2. The van der Waals surface area contributed by atoms with E-state index in [0.717, 1.165) is 29.8 Å². The first-order valence-electron chi connectivity index (χ1n) is 5.45. The molecule has 4 nitrogen and oxygen atoms in total. The van der Waals surface area contributed by atoms with E-state index < -0.39 is 0 Å². The molecule has 0 unspecified atom stereocenters. The molecule has 0 aromatic carbocycles. The Balaban J connectivity index is 2.02. The van der Waals surface area contributed by atoms with E-state index in [9.17, 15) is 5.11 Å². The summed E-state index contributed by atoms with van der Waals surface area (Å²) in [6.07, 6.45) is 5.79. The summed E-state index contributed by atoms with van der Waals surface area (Å²) in [5.74, 6) is 0.764. The fraction of sp³-hybridized carbons (Fsp3) is 0.333. The highest BCUT2D eigenvalue weighted by molar-refractivity contribution is 5.39. The molecule has 16 heavy (non-hydrogen) atoms. The Morgan fingerprint density at radius 3 is 2.75 bits per heavy atom. The van der Waals surface area contributed by atoms with Crippen LogP contribution in [-0.4, -0.2) is 19.9 Å². The molecule has 4 heteroatoms. The van der Waals surface area contributed by atoms with Gasteiger partial charge in [-0.25, -0.2) is 0 Å². The van der Waals surface area contributed by atoms with Gasteiger partial charge in [-0.2, -0.15) is 9.78 Å². The number of nitrogens with zero attached hydrogens (tertiary/aromatic N) is 3. The molecule has 3 rings (SSSR count). The first-order chi connectivity index (χ1) is 7.75. The van der Waals surface area contributed by atoms with Gasteiger partial charge < -0.3 is 5.11 Å². The number of hydrogen-bond donors (Lipinski definition) is 1. The van der Waals surface area contributed by atoms with Gasteiger partial charge in [0.15, 0.2) is 0 Å². The van der Waals surface area contributed by atoms with Crippen molar-refractivity contribution in [3.05, 3.63) is 35.8 Å². The summed E-state index contributed by atoms with van der Waals surface area (Å²) < 4.78 is 1.54. The topological polar surface area (TPSA) is 50.9 Å². The van der Waals surface area contributed by atoms with Crippen molar-refractivity contribution in [3.8, 4) is 11.6 Å². The molecule has 0 spiro atoms. The lowest BCUT2D eigenvalue weighted by Crippen LogP contribution is -1.96. The minimum absolute atomic E-state index is 0.258. The Morgan fingerprint density at radius 1 is 1.31 bits per heavy atom. The predicted octanol–water partition coefficient (Wildman–Crippen LogP) is 2.16. The van der Waals surface area contributed by atoms with E-state index in [1.54, 1.807) is 17.1 Å². The highest BCUT2D eigenvalue weighted by Gasteiger charge is 2.29. The van der Waals surface area contributed by atoms with Gasteiger partial charge in [0.05, 0.1) is 18.1 Å². The van der Waals surface area contributed by atoms with Gasteiger partial charge in [-0.15, -0.1) is 0 Å². The van der Waals surface area contributed by atoms with Crippen molar-refractivity contribution in [1.29, 1.82) is 0 Å². The molecule has 1 N–H and O–H groups in total. The van der Waals surface area contributed by atoms with E-state index in [1.807, 2.05) is 19.1 Å². The molecule has 2 aromatic heterocycles. The van der Waals surface area contributed by atoms with Crippen LogP contribution in [0.1, 0.15) is 30.0 Å². The van der Waals surface area contributed by atoms with Crippen molar-refractivity contribution < 1.29 is 5.11 Å². The summed E-state index contributed by atoms with van der Waals surface area (Å²) in [6, 6.07) is 3.82. The van der Waals surface area contributed by atoms with Crippen LogP contribution in [0, 0.1) is 6.92 Å². The first-order valence-corrected chi connectivity index (χ1v) is 5.45. The summed E-state index contributed by atoms with van der Waals surface area (Å²) in [6.45, 7) is 1.93. The predicted molar refractivity (Wildman–Crippen MR) is 59.7 cm³/mol. The van der Waals surface area contributed by atoms with Gasteiger partial charge in [-0.1, -0.05) is 0 Å². The average molecular weight is 215 g/mol. The summed E-state index contributed by atoms with van der Waals surface area (Å²) >= 11 is 0. The van der Waals surface area contributed by atoms with Crippen molar-refractivity contribution in [2.24, 2.45) is 0 Å². The highest BCUT2D eigenvalue weighted by Crippen LogP contribution is 2.44. The van der Waals surface area contributed by atoms with Crippen molar-refractivity contribution in [3.63, 3.8) is 0 Å². The first kappa shape index (κ1) is 9.39. The van der Waals surface area contributed by atoms with Crippen LogP contribution in [0.15, 0.2) is 24.5 Å². The van der Waals surface area contributed by atoms with E-state index >= 15 is 0 Å². The number of aromatic nitrogens is 3. The molecule has 0 radical (unpaired) electrons. The fourth-order valence-electron chi connectivity index (χ4n) is 1.81. The smallest absolute Gasteiger partial charge is 0.217 e. The molecular formula is C12H13N3O. The molecule has 1 fully saturated rings. The molecule has 1 saturated carbocycles. The van der Waals surface area contributed by atoms with Crippen LogP contribution in [0.4, 0.5) is 0 Å². The Kier molecular flexibility index (Phi) is 1.96. The summed E-state index contributed by atoms with van der Waals surface area (Å²) in [5, 5.41) is 14.2. The van der Waals surface area contributed by atoms with Crippen LogP contribution in [-0.2, 0) is 0 Å². The van der Waals surface area contributed by atoms with Crippen LogP contribution in [0.5, 0.6) is 5.88 Å². The van der Waals surface area contributed by atoms with Crippen LogP contribution in [0.25, 0.3) is 5.69 Å². The van der Waals surface area contributed by atoms with Gasteiger partial charge in [0.25, 0.3) is 0 Å². The minimum atomic E-state index is 0.258. The molecule has 0 aliphatic heterocycles. The third-order valence-electron chi connectivity index (χ3n) is 2.93. The van der Waals surface area contributed by atoms with Gasteiger partial charge >= 0.3 is 0 Å². The minimum Gasteiger partial charge on any atom is -0.493 e. The zero-order valence-electron chi connectivity index (χ0n) is 9.09. The van der Waals surface area contributed by atoms with Crippen LogP contribution >= 0.6 is 0 Å². The maximum atomic E-state index is 10.0. The second-order valence-corrected chi connectivity index (χ2v) is 4.27. The van der Waals surface area contributed by atoms with Gasteiger partial charge in [0.1, 0.15) is 0 Å². The van der Waals surface area contributed by atoms with Crippen molar-refractivity contribution in [1.82, 2.24) is 14.8 Å². The van der Waals surface area contributed by atoms with Crippen molar-refractivity contribution in [2.75, 3.05) is 0 Å². The standard InChI is InChI=1S/C12H13N3O/c1-8-2-5-10(6-13-8)15-12(16)11(7-14-15)9-3-4-9/h2,5-7,9,16H,3-4H2,1H3. The van der Waals surface area contributed by atoms with E-state index in [-0.39, 0.29) is 5.88 Å². The molecule has 0 bridgehead atoms. The van der Waals surface area contributed by atoms with Crippen molar-refractivity contribution in [2.45, 2.75) is 25.7 Å². The highest BCUT2D eigenvalue weighted by atomic mass is 16.3. The molecule has 0 atom stereocenters. The van der Waals surface area contributed by atoms with Gasteiger partial charge in [-0.05, 0) is 37.8 Å². The number of aryl methyl sites for hydroxylation is 1. The number of hydrogen-bond acceptors (Lipinski definition) is 3. The maximum absolute atomic E-state index is 10.0. The molecule has 1 aliphatic carbocycles. The Hall–Kier alpha value is -1.84. The molecule has 82 valence electrons. The Morgan fingerprint density at radius 2 is 2.12 bits per heavy atom. The molecule has 1 aliphatic rings. The molecular weight excluding hydrogens is 202 g/mol. The summed E-state index contributed by atoms with van der Waals surface area (Å²) in [4.78, 5) is 4.19. The van der Waals surface area contributed by atoms with Gasteiger partial charge in [0, 0.05) is 11.3 Å². The third-order valence-corrected chi connectivity index (χ3v) is 2.93. The van der Waals surface area contributed by atoms with Crippen LogP contribution in [0.2, 0.25) is 0 Å². The Labute approximate surface area is 93.6 Å². The second-order valence-electron chi connectivity index (χ2n) is 4.27. The van der Waals surface area contributed by atoms with E-state index in [0.29, 0.717) is 5.92 Å². The normalized spacial score (nSPS) is 15.3. The van der Waals surface area contributed by atoms with Crippen LogP contribution < -0.4 is 0 Å². The Bertz CT molecular complexity index is 512. The van der Waals surface area contributed by atoms with Crippen molar-refractivity contribution >= 4 is 0 Å². The summed E-state index contributed by atoms with van der Waals surface area (Å²) in [7, 11) is 0. The second kappa shape index (κ2) is 3.33. The van der Waals surface area contributed by atoms with E-state index in [1.165, 1.54) is 0 Å². The quantitative estimate of drug-likeness (QED) is 0.835. The van der Waals surface area contributed by atoms with E-state index in [2.05, 4.69) is 10.1 Å². The lowest BCUT2D eigenvalue weighted by Gasteiger charge is -2.03. The third kappa shape index (κ3) is 1.46. The number of pyridine rings is 1.